The summed E-state index contributed by atoms with van der Waals surface area (Å²) in [6.45, 7) is 8.42. The Labute approximate surface area is 266 Å². The molecule has 0 spiro atoms. The Kier molecular flexibility index (Phi) is 9.54. The second kappa shape index (κ2) is 13.3. The lowest BCUT2D eigenvalue weighted by Crippen LogP contribution is -2.39. The van der Waals surface area contributed by atoms with Crippen molar-refractivity contribution in [3.8, 4) is 11.5 Å². The molecule has 43 heavy (non-hydrogen) atoms. The molecule has 1 aromatic heterocycles. The summed E-state index contributed by atoms with van der Waals surface area (Å²) in [6, 6.07) is 18.3. The van der Waals surface area contributed by atoms with Gasteiger partial charge < -0.3 is 14.2 Å². The van der Waals surface area contributed by atoms with E-state index in [-0.39, 0.29) is 12.2 Å². The zero-order valence-corrected chi connectivity index (χ0v) is 27.3. The molecule has 2 heterocycles. The Hall–Kier alpha value is -3.66. The first-order valence-electron chi connectivity index (χ1n) is 13.8. The van der Waals surface area contributed by atoms with Gasteiger partial charge in [-0.15, -0.1) is 0 Å². The molecule has 10 heteroatoms. The normalized spacial score (nSPS) is 14.7. The summed E-state index contributed by atoms with van der Waals surface area (Å²) in [5, 5.41) is 0.661. The molecule has 0 N–H and O–H groups in total. The van der Waals surface area contributed by atoms with Gasteiger partial charge in [-0.25, -0.2) is 9.79 Å². The number of aryl methyl sites for hydroxylation is 1. The van der Waals surface area contributed by atoms with Gasteiger partial charge in [-0.05, 0) is 74.7 Å². The lowest BCUT2D eigenvalue weighted by atomic mass is 9.95. The smallest absolute Gasteiger partial charge is 0.338 e. The van der Waals surface area contributed by atoms with Crippen molar-refractivity contribution in [3.05, 3.63) is 123 Å². The Bertz CT molecular complexity index is 1880. The Morgan fingerprint density at radius 2 is 1.72 bits per heavy atom. The predicted octanol–water partition coefficient (Wildman–Crippen LogP) is 6.50. The van der Waals surface area contributed by atoms with E-state index in [0.717, 1.165) is 26.7 Å². The minimum Gasteiger partial charge on any atom is -0.490 e. The first-order chi connectivity index (χ1) is 20.7. The fraction of sp³-hybridized carbons (Fsp3) is 0.242. The molecule has 0 saturated heterocycles. The highest BCUT2D eigenvalue weighted by atomic mass is 79.9. The number of carbonyl (C=O) groups is 1. The van der Waals surface area contributed by atoms with E-state index in [4.69, 9.17) is 25.8 Å². The maximum atomic E-state index is 14.0. The van der Waals surface area contributed by atoms with Gasteiger partial charge >= 0.3 is 5.97 Å². The van der Waals surface area contributed by atoms with E-state index in [2.05, 4.69) is 20.9 Å². The molecule has 1 aliphatic heterocycles. The average Bonchev–Trinajstić information content (AvgIpc) is 3.28. The number of aromatic nitrogens is 1. The van der Waals surface area contributed by atoms with E-state index < -0.39 is 12.0 Å². The maximum Gasteiger partial charge on any atom is 0.338 e. The number of allylic oxidation sites excluding steroid dienone is 1. The number of nitrogens with zero attached hydrogens (tertiary/aromatic N) is 2. The second-order valence-corrected chi connectivity index (χ2v) is 12.2. The molecule has 7 nitrogen and oxygen atoms in total. The van der Waals surface area contributed by atoms with E-state index in [0.29, 0.717) is 50.3 Å². The Morgan fingerprint density at radius 3 is 2.40 bits per heavy atom. The van der Waals surface area contributed by atoms with Crippen molar-refractivity contribution in [2.45, 2.75) is 40.3 Å². The quantitative estimate of drug-likeness (QED) is 0.189. The van der Waals surface area contributed by atoms with Crippen molar-refractivity contribution in [2.75, 3.05) is 13.2 Å². The molecule has 0 saturated carbocycles. The number of esters is 1. The van der Waals surface area contributed by atoms with E-state index in [1.54, 1.807) is 24.5 Å². The van der Waals surface area contributed by atoms with Crippen LogP contribution >= 0.6 is 38.9 Å². The number of hydrogen-bond donors (Lipinski definition) is 0. The van der Waals surface area contributed by atoms with E-state index in [1.165, 1.54) is 11.3 Å². The largest absolute Gasteiger partial charge is 0.490 e. The zero-order chi connectivity index (χ0) is 30.7. The average molecular weight is 682 g/mol. The van der Waals surface area contributed by atoms with Gasteiger partial charge in [0.1, 0.15) is 6.61 Å². The third-order valence-corrected chi connectivity index (χ3v) is 8.79. The molecule has 1 atom stereocenters. The van der Waals surface area contributed by atoms with E-state index in [9.17, 15) is 9.59 Å². The minimum atomic E-state index is -0.663. The van der Waals surface area contributed by atoms with Crippen LogP contribution in [0.1, 0.15) is 49.1 Å². The van der Waals surface area contributed by atoms with Gasteiger partial charge in [0.25, 0.3) is 5.56 Å². The summed E-state index contributed by atoms with van der Waals surface area (Å²) in [6.07, 6.45) is 1.80. The first-order valence-corrected chi connectivity index (χ1v) is 15.8. The van der Waals surface area contributed by atoms with Crippen molar-refractivity contribution in [1.29, 1.82) is 0 Å². The van der Waals surface area contributed by atoms with Crippen molar-refractivity contribution in [2.24, 2.45) is 4.99 Å². The van der Waals surface area contributed by atoms with Gasteiger partial charge in [-0.3, -0.25) is 9.36 Å². The fourth-order valence-electron chi connectivity index (χ4n) is 4.78. The summed E-state index contributed by atoms with van der Waals surface area (Å²) < 4.78 is 20.2. The van der Waals surface area contributed by atoms with E-state index >= 15 is 0 Å². The number of ether oxygens (including phenoxy) is 3. The summed E-state index contributed by atoms with van der Waals surface area (Å²) >= 11 is 10.9. The van der Waals surface area contributed by atoms with Crippen molar-refractivity contribution in [3.63, 3.8) is 0 Å². The van der Waals surface area contributed by atoms with Gasteiger partial charge in [-0.2, -0.15) is 0 Å². The SMILES string of the molecule is CCOC(=O)C1=C(C)N=c2s/c(=C\c3cc(OCC)c(OCc4ccc(Cl)cc4)cc3Br)c(=O)n2[C@H]1c1ccc(C)cc1. The fourth-order valence-corrected chi connectivity index (χ4v) is 6.38. The van der Waals surface area contributed by atoms with Gasteiger partial charge in [-0.1, -0.05) is 80.8 Å². The monoisotopic (exact) mass is 680 g/mol. The molecule has 5 rings (SSSR count). The Morgan fingerprint density at radius 1 is 1.02 bits per heavy atom. The van der Waals surface area contributed by atoms with Crippen LogP contribution < -0.4 is 24.4 Å². The molecule has 222 valence electrons. The maximum absolute atomic E-state index is 14.0. The highest BCUT2D eigenvalue weighted by molar-refractivity contribution is 9.10. The third kappa shape index (κ3) is 6.64. The van der Waals surface area contributed by atoms with Crippen LogP contribution in [0.15, 0.2) is 86.2 Å². The van der Waals surface area contributed by atoms with Crippen LogP contribution in [-0.4, -0.2) is 23.8 Å². The minimum absolute atomic E-state index is 0.219. The number of halogens is 2. The van der Waals surface area contributed by atoms with E-state index in [1.807, 2.05) is 74.5 Å². The van der Waals surface area contributed by atoms with Crippen molar-refractivity contribution >= 4 is 50.9 Å². The lowest BCUT2D eigenvalue weighted by molar-refractivity contribution is -0.139. The first kappa shape index (κ1) is 30.8. The number of carbonyl (C=O) groups excluding carboxylic acids is 1. The van der Waals surface area contributed by atoms with Crippen molar-refractivity contribution < 1.29 is 19.0 Å². The molecule has 1 aliphatic rings. The molecule has 0 amide bonds. The topological polar surface area (TPSA) is 79.1 Å². The number of rotatable bonds is 9. The molecular formula is C33H30BrClN2O5S. The second-order valence-electron chi connectivity index (χ2n) is 9.88. The van der Waals surface area contributed by atoms with Crippen LogP contribution in [0.4, 0.5) is 0 Å². The number of benzene rings is 3. The van der Waals surface area contributed by atoms with Gasteiger partial charge in [0, 0.05) is 9.50 Å². The number of thiazole rings is 1. The molecule has 4 aromatic rings. The molecule has 0 unspecified atom stereocenters. The summed E-state index contributed by atoms with van der Waals surface area (Å²) in [4.78, 5) is 32.3. The zero-order valence-electron chi connectivity index (χ0n) is 24.1. The van der Waals surface area contributed by atoms with Crippen LogP contribution in [-0.2, 0) is 16.1 Å². The molecular weight excluding hydrogens is 652 g/mol. The van der Waals surface area contributed by atoms with Crippen LogP contribution in [0.2, 0.25) is 5.02 Å². The highest BCUT2D eigenvalue weighted by Gasteiger charge is 2.33. The number of fused-ring (bicyclic) bond motifs is 1. The standard InChI is InChI=1S/C33H30BrClN2O5S/c1-5-40-26-15-23(25(34)17-27(26)42-18-21-9-13-24(35)14-10-21)16-28-31(38)37-30(22-11-7-19(3)8-12-22)29(32(39)41-6-2)20(4)36-33(37)43-28/h7-17,30H,5-6,18H2,1-4H3/b28-16-/t30-/m0/s1. The molecule has 0 radical (unpaired) electrons. The van der Waals surface area contributed by atoms with Crippen LogP contribution in [0.25, 0.3) is 6.08 Å². The Balaban J connectivity index is 1.58. The summed E-state index contributed by atoms with van der Waals surface area (Å²) in [7, 11) is 0. The molecule has 0 aliphatic carbocycles. The van der Waals surface area contributed by atoms with Gasteiger partial charge in [0.15, 0.2) is 16.3 Å². The van der Waals surface area contributed by atoms with Gasteiger partial charge in [0.2, 0.25) is 0 Å². The van der Waals surface area contributed by atoms with Crippen LogP contribution in [0, 0.1) is 6.92 Å². The van der Waals surface area contributed by atoms with Crippen molar-refractivity contribution in [1.82, 2.24) is 4.57 Å². The van der Waals surface area contributed by atoms with Gasteiger partial charge in [0.05, 0.1) is 35.1 Å². The summed E-state index contributed by atoms with van der Waals surface area (Å²) in [5.74, 6) is 0.634. The molecule has 3 aromatic carbocycles. The third-order valence-electron chi connectivity index (χ3n) is 6.87. The van der Waals surface area contributed by atoms with Crippen LogP contribution in [0.5, 0.6) is 11.5 Å². The predicted molar refractivity (Wildman–Crippen MR) is 173 cm³/mol. The highest BCUT2D eigenvalue weighted by Crippen LogP contribution is 2.35. The van der Waals surface area contributed by atoms with Crippen LogP contribution in [0.3, 0.4) is 0 Å². The lowest BCUT2D eigenvalue weighted by Gasteiger charge is -2.24. The molecule has 0 fully saturated rings. The molecule has 0 bridgehead atoms. The summed E-state index contributed by atoms with van der Waals surface area (Å²) in [5.41, 5.74) is 4.21. The number of hydrogen-bond acceptors (Lipinski definition) is 7.